The lowest BCUT2D eigenvalue weighted by Gasteiger charge is -2.40. The molecule has 1 aliphatic heterocycles. The zero-order valence-corrected chi connectivity index (χ0v) is 46.4. The van der Waals surface area contributed by atoms with E-state index in [9.17, 15) is 34.5 Å². The maximum Gasteiger partial charge on any atom is 0.335 e. The average molecular weight is 1030 g/mol. The van der Waals surface area contributed by atoms with Crippen molar-refractivity contribution in [2.45, 2.75) is 302 Å². The number of rotatable bonds is 50. The summed E-state index contributed by atoms with van der Waals surface area (Å²) in [5, 5.41) is 31.4. The minimum absolute atomic E-state index is 0.0596. The molecule has 3 N–H and O–H groups in total. The average Bonchev–Trinajstić information content (AvgIpc) is 3.37. The van der Waals surface area contributed by atoms with Gasteiger partial charge in [0.15, 0.2) is 24.6 Å². The van der Waals surface area contributed by atoms with Crippen molar-refractivity contribution in [2.24, 2.45) is 0 Å². The Hall–Kier alpha value is -3.32. The van der Waals surface area contributed by atoms with E-state index in [1.165, 1.54) is 122 Å². The quantitative estimate of drug-likeness (QED) is 0.0228. The van der Waals surface area contributed by atoms with Gasteiger partial charge in [0.05, 0.1) is 6.61 Å². The molecule has 422 valence electrons. The van der Waals surface area contributed by atoms with Crippen molar-refractivity contribution in [1.29, 1.82) is 0 Å². The highest BCUT2D eigenvalue weighted by atomic mass is 16.7. The van der Waals surface area contributed by atoms with E-state index in [-0.39, 0.29) is 25.9 Å². The number of carbonyl (C=O) groups excluding carboxylic acids is 3. The molecule has 1 rings (SSSR count). The predicted octanol–water partition coefficient (Wildman–Crippen LogP) is 15.0. The Morgan fingerprint density at radius 2 is 0.863 bits per heavy atom. The molecule has 0 aromatic carbocycles. The number of ether oxygens (including phenoxy) is 5. The van der Waals surface area contributed by atoms with E-state index in [2.05, 4.69) is 69.4 Å². The van der Waals surface area contributed by atoms with Gasteiger partial charge in [-0.05, 0) is 77.0 Å². The van der Waals surface area contributed by atoms with E-state index in [4.69, 9.17) is 23.7 Å². The van der Waals surface area contributed by atoms with Crippen LogP contribution in [0.2, 0.25) is 0 Å². The lowest BCUT2D eigenvalue weighted by molar-refractivity contribution is -0.301. The second kappa shape index (κ2) is 49.6. The van der Waals surface area contributed by atoms with E-state index in [0.29, 0.717) is 19.3 Å². The van der Waals surface area contributed by atoms with Crippen molar-refractivity contribution in [3.05, 3.63) is 48.6 Å². The number of aliphatic hydroxyl groups excluding tert-OH is 2. The molecule has 12 nitrogen and oxygen atoms in total. The van der Waals surface area contributed by atoms with Crippen molar-refractivity contribution < 1.29 is 58.2 Å². The molecule has 1 saturated heterocycles. The van der Waals surface area contributed by atoms with Crippen LogP contribution in [0.15, 0.2) is 48.6 Å². The fourth-order valence-corrected chi connectivity index (χ4v) is 8.85. The number of aliphatic hydroxyl groups is 2. The third-order valence-corrected chi connectivity index (χ3v) is 13.4. The number of aliphatic carboxylic acids is 1. The second-order valence-electron chi connectivity index (χ2n) is 20.3. The lowest BCUT2D eigenvalue weighted by atomic mass is 9.98. The van der Waals surface area contributed by atoms with Crippen LogP contribution in [0, 0.1) is 0 Å². The molecule has 1 aliphatic rings. The minimum Gasteiger partial charge on any atom is -0.479 e. The minimum atomic E-state index is -1.90. The van der Waals surface area contributed by atoms with Gasteiger partial charge in [0.25, 0.3) is 0 Å². The van der Waals surface area contributed by atoms with Crippen LogP contribution in [-0.2, 0) is 42.9 Å². The van der Waals surface area contributed by atoms with Gasteiger partial charge in [0.1, 0.15) is 18.8 Å². The van der Waals surface area contributed by atoms with Crippen LogP contribution < -0.4 is 0 Å². The highest BCUT2D eigenvalue weighted by Crippen LogP contribution is 2.26. The zero-order chi connectivity index (χ0) is 53.3. The van der Waals surface area contributed by atoms with Gasteiger partial charge in [-0.25, -0.2) is 4.79 Å². The fraction of sp³-hybridized carbons (Fsp3) is 0.803. The van der Waals surface area contributed by atoms with Gasteiger partial charge < -0.3 is 39.0 Å². The second-order valence-corrected chi connectivity index (χ2v) is 20.3. The number of hydrogen-bond acceptors (Lipinski definition) is 11. The standard InChI is InChI=1S/C61H106O12/c1-4-7-10-13-16-19-22-24-25-26-27-28-29-31-33-35-38-41-44-47-53(62)69-50-52(71-54(63)48-45-42-39-37-34-30-23-20-17-14-11-8-5-2)51-70-61-59(57(66)56(65)58(73-61)60(67)68)72-55(64)49-46-43-40-36-32-21-18-15-12-9-6-3/h8,11,17,20,24-25,30,34,52,56-59,61,65-66H,4-7,9-10,12-16,18-19,21-23,26-29,31-33,35-51H2,1-3H3,(H,67,68)/b11-8-,20-17-,25-24-,34-30-. The van der Waals surface area contributed by atoms with Crippen LogP contribution in [0.4, 0.5) is 0 Å². The Labute approximate surface area is 443 Å². The van der Waals surface area contributed by atoms with Crippen molar-refractivity contribution in [1.82, 2.24) is 0 Å². The molecular formula is C61H106O12. The third kappa shape index (κ3) is 39.7. The monoisotopic (exact) mass is 1030 g/mol. The number of allylic oxidation sites excluding steroid dienone is 8. The third-order valence-electron chi connectivity index (χ3n) is 13.4. The number of carboxylic acids is 1. The van der Waals surface area contributed by atoms with Gasteiger partial charge in [0.2, 0.25) is 0 Å². The summed E-state index contributed by atoms with van der Waals surface area (Å²) >= 11 is 0. The Balaban J connectivity index is 2.67. The summed E-state index contributed by atoms with van der Waals surface area (Å²) in [7, 11) is 0. The molecule has 6 unspecified atom stereocenters. The molecule has 0 amide bonds. The smallest absolute Gasteiger partial charge is 0.335 e. The van der Waals surface area contributed by atoms with Crippen LogP contribution in [0.3, 0.4) is 0 Å². The van der Waals surface area contributed by atoms with Crippen molar-refractivity contribution in [2.75, 3.05) is 13.2 Å². The molecular weight excluding hydrogens is 925 g/mol. The summed E-state index contributed by atoms with van der Waals surface area (Å²) in [5.74, 6) is -3.15. The molecule has 1 fully saturated rings. The topological polar surface area (TPSA) is 175 Å². The largest absolute Gasteiger partial charge is 0.479 e. The number of carboxylic acid groups (broad SMARTS) is 1. The van der Waals surface area contributed by atoms with E-state index >= 15 is 0 Å². The van der Waals surface area contributed by atoms with E-state index in [1.54, 1.807) is 0 Å². The van der Waals surface area contributed by atoms with Gasteiger partial charge in [-0.3, -0.25) is 14.4 Å². The maximum absolute atomic E-state index is 13.1. The van der Waals surface area contributed by atoms with Crippen LogP contribution in [0.5, 0.6) is 0 Å². The molecule has 0 aromatic rings. The zero-order valence-electron chi connectivity index (χ0n) is 46.4. The molecule has 0 saturated carbocycles. The Kier molecular flexibility index (Phi) is 45.9. The Morgan fingerprint density at radius 3 is 1.34 bits per heavy atom. The Morgan fingerprint density at radius 1 is 0.466 bits per heavy atom. The molecule has 0 bridgehead atoms. The normalized spacial score (nSPS) is 18.6. The van der Waals surface area contributed by atoms with Gasteiger partial charge in [0, 0.05) is 19.3 Å². The number of hydrogen-bond donors (Lipinski definition) is 3. The highest BCUT2D eigenvalue weighted by molar-refractivity contribution is 5.74. The molecule has 0 aliphatic carbocycles. The van der Waals surface area contributed by atoms with E-state index in [1.807, 2.05) is 0 Å². The van der Waals surface area contributed by atoms with Crippen molar-refractivity contribution in [3.8, 4) is 0 Å². The van der Waals surface area contributed by atoms with E-state index in [0.717, 1.165) is 83.5 Å². The summed E-state index contributed by atoms with van der Waals surface area (Å²) in [5.41, 5.74) is 0. The van der Waals surface area contributed by atoms with Crippen LogP contribution >= 0.6 is 0 Å². The SMILES string of the molecule is CC/C=C\C/C=C\C/C=C\CCCCCC(=O)OC(COC(=O)CCCCCCCCCCC/C=C\CCCCCCCC)COC1OC(C(=O)O)C(O)C(O)C1OC(=O)CCCCCCCCCCCCC. The summed E-state index contributed by atoms with van der Waals surface area (Å²) in [4.78, 5) is 51.0. The molecule has 12 heteroatoms. The van der Waals surface area contributed by atoms with Crippen LogP contribution in [0.25, 0.3) is 0 Å². The number of unbranched alkanes of at least 4 members (excludes halogenated alkanes) is 28. The summed E-state index contributed by atoms with van der Waals surface area (Å²) in [6.45, 7) is 5.84. The summed E-state index contributed by atoms with van der Waals surface area (Å²) in [6.07, 6.45) is 46.7. The number of carbonyl (C=O) groups is 4. The first-order chi connectivity index (χ1) is 35.6. The molecule has 0 aromatic heterocycles. The fourth-order valence-electron chi connectivity index (χ4n) is 8.85. The predicted molar refractivity (Wildman–Crippen MR) is 294 cm³/mol. The van der Waals surface area contributed by atoms with Gasteiger partial charge >= 0.3 is 23.9 Å². The summed E-state index contributed by atoms with van der Waals surface area (Å²) in [6, 6.07) is 0. The van der Waals surface area contributed by atoms with Crippen LogP contribution in [0.1, 0.15) is 265 Å². The highest BCUT2D eigenvalue weighted by Gasteiger charge is 2.50. The molecule has 0 radical (unpaired) electrons. The van der Waals surface area contributed by atoms with Gasteiger partial charge in [-0.2, -0.15) is 0 Å². The first kappa shape index (κ1) is 67.7. The molecule has 0 spiro atoms. The van der Waals surface area contributed by atoms with Gasteiger partial charge in [-0.1, -0.05) is 217 Å². The van der Waals surface area contributed by atoms with Crippen molar-refractivity contribution >= 4 is 23.9 Å². The first-order valence-corrected chi connectivity index (χ1v) is 29.6. The molecule has 6 atom stereocenters. The van der Waals surface area contributed by atoms with Gasteiger partial charge in [-0.15, -0.1) is 0 Å². The van der Waals surface area contributed by atoms with Crippen LogP contribution in [-0.4, -0.2) is 89.2 Å². The number of esters is 3. The van der Waals surface area contributed by atoms with E-state index < -0.39 is 67.3 Å². The lowest BCUT2D eigenvalue weighted by Crippen LogP contribution is -2.61. The maximum atomic E-state index is 13.1. The Bertz CT molecular complexity index is 1460. The summed E-state index contributed by atoms with van der Waals surface area (Å²) < 4.78 is 28.4. The molecule has 1 heterocycles. The first-order valence-electron chi connectivity index (χ1n) is 29.6. The molecule has 73 heavy (non-hydrogen) atoms. The van der Waals surface area contributed by atoms with Crippen molar-refractivity contribution in [3.63, 3.8) is 0 Å².